The molecule has 6 rings (SSSR count). The molecule has 5 heteroatoms. The zero-order valence-corrected chi connectivity index (χ0v) is 16.3. The van der Waals surface area contributed by atoms with E-state index in [1.807, 2.05) is 31.7 Å². The van der Waals surface area contributed by atoms with Crippen molar-refractivity contribution in [3.8, 4) is 0 Å². The van der Waals surface area contributed by atoms with E-state index in [-0.39, 0.29) is 17.7 Å². The van der Waals surface area contributed by atoms with Gasteiger partial charge in [0.25, 0.3) is 0 Å². The molecule has 2 aromatic heterocycles. The summed E-state index contributed by atoms with van der Waals surface area (Å²) in [4.78, 5) is 17.1. The fraction of sp³-hybridized carbons (Fsp3) is 0.435. The van der Waals surface area contributed by atoms with Crippen LogP contribution in [0.15, 0.2) is 36.8 Å². The van der Waals surface area contributed by atoms with Crippen LogP contribution < -0.4 is 5.32 Å². The predicted molar refractivity (Wildman–Crippen MR) is 108 cm³/mol. The van der Waals surface area contributed by atoms with Gasteiger partial charge in [0.15, 0.2) is 0 Å². The normalized spacial score (nSPS) is 26.4. The Bertz CT molecular complexity index is 1130. The van der Waals surface area contributed by atoms with Gasteiger partial charge in [-0.2, -0.15) is 5.10 Å². The van der Waals surface area contributed by atoms with Crippen molar-refractivity contribution in [3.63, 3.8) is 0 Å². The minimum absolute atomic E-state index is 0.0245. The lowest BCUT2D eigenvalue weighted by Crippen LogP contribution is -2.15. The van der Waals surface area contributed by atoms with Gasteiger partial charge < -0.3 is 5.32 Å². The van der Waals surface area contributed by atoms with Crippen LogP contribution in [-0.4, -0.2) is 20.7 Å². The van der Waals surface area contributed by atoms with Gasteiger partial charge in [0.2, 0.25) is 5.91 Å². The molecule has 3 aliphatic rings. The molecule has 0 aliphatic heterocycles. The van der Waals surface area contributed by atoms with Crippen molar-refractivity contribution in [2.75, 3.05) is 5.32 Å². The SMILES string of the molecule is Cc1cc2cnc(NC(=O)C3CC3c3cnn(C)c3)cc2cc1[C@H]1CC12CC2. The average molecular weight is 372 g/mol. The summed E-state index contributed by atoms with van der Waals surface area (Å²) in [5.74, 6) is 1.77. The number of aromatic nitrogens is 3. The van der Waals surface area contributed by atoms with E-state index in [2.05, 4.69) is 34.5 Å². The molecule has 1 N–H and O–H groups in total. The number of hydrogen-bond donors (Lipinski definition) is 1. The van der Waals surface area contributed by atoms with Gasteiger partial charge in [-0.15, -0.1) is 0 Å². The summed E-state index contributed by atoms with van der Waals surface area (Å²) in [5.41, 5.74) is 4.66. The highest BCUT2D eigenvalue weighted by Crippen LogP contribution is 2.75. The highest BCUT2D eigenvalue weighted by Gasteiger charge is 2.63. The van der Waals surface area contributed by atoms with Crippen LogP contribution >= 0.6 is 0 Å². The van der Waals surface area contributed by atoms with Crippen LogP contribution in [-0.2, 0) is 11.8 Å². The van der Waals surface area contributed by atoms with E-state index in [0.717, 1.165) is 23.3 Å². The molecule has 0 radical (unpaired) electrons. The maximum atomic E-state index is 12.7. The Morgan fingerprint density at radius 3 is 2.79 bits per heavy atom. The van der Waals surface area contributed by atoms with Crippen LogP contribution in [0.25, 0.3) is 10.8 Å². The van der Waals surface area contributed by atoms with Crippen molar-refractivity contribution in [1.29, 1.82) is 0 Å². The van der Waals surface area contributed by atoms with Crippen molar-refractivity contribution < 1.29 is 4.79 Å². The number of nitrogens with zero attached hydrogens (tertiary/aromatic N) is 3. The number of carbonyl (C=O) groups excluding carboxylic acids is 1. The van der Waals surface area contributed by atoms with Crippen LogP contribution in [0.2, 0.25) is 0 Å². The molecule has 0 saturated heterocycles. The third-order valence-corrected chi connectivity index (χ3v) is 7.10. The Balaban J connectivity index is 1.22. The number of amides is 1. The van der Waals surface area contributed by atoms with Crippen LogP contribution in [0, 0.1) is 18.3 Å². The van der Waals surface area contributed by atoms with Crippen LogP contribution in [0.4, 0.5) is 5.82 Å². The second-order valence-electron chi connectivity index (χ2n) is 9.13. The maximum absolute atomic E-state index is 12.7. The van der Waals surface area contributed by atoms with Gasteiger partial charge in [-0.05, 0) is 84.1 Å². The van der Waals surface area contributed by atoms with Gasteiger partial charge in [-0.3, -0.25) is 9.48 Å². The molecule has 3 fully saturated rings. The van der Waals surface area contributed by atoms with Crippen molar-refractivity contribution in [1.82, 2.24) is 14.8 Å². The molecule has 1 amide bonds. The van der Waals surface area contributed by atoms with Gasteiger partial charge in [0.1, 0.15) is 5.82 Å². The van der Waals surface area contributed by atoms with Gasteiger partial charge >= 0.3 is 0 Å². The minimum atomic E-state index is 0.0245. The Morgan fingerprint density at radius 2 is 2.07 bits per heavy atom. The molecule has 3 aromatic rings. The number of hydrogen-bond acceptors (Lipinski definition) is 3. The summed E-state index contributed by atoms with van der Waals surface area (Å²) >= 11 is 0. The molecule has 1 spiro atoms. The number of aryl methyl sites for hydroxylation is 2. The molecule has 142 valence electrons. The van der Waals surface area contributed by atoms with Gasteiger partial charge in [0.05, 0.1) is 6.20 Å². The molecule has 2 unspecified atom stereocenters. The molecule has 0 bridgehead atoms. The van der Waals surface area contributed by atoms with Crippen LogP contribution in [0.3, 0.4) is 0 Å². The summed E-state index contributed by atoms with van der Waals surface area (Å²) in [6.45, 7) is 2.21. The first-order valence-corrected chi connectivity index (χ1v) is 10.2. The smallest absolute Gasteiger partial charge is 0.229 e. The summed E-state index contributed by atoms with van der Waals surface area (Å²) in [6.07, 6.45) is 10.8. The van der Waals surface area contributed by atoms with E-state index >= 15 is 0 Å². The zero-order valence-electron chi connectivity index (χ0n) is 16.3. The zero-order chi connectivity index (χ0) is 19.0. The number of pyridine rings is 1. The van der Waals surface area contributed by atoms with Gasteiger partial charge in [0, 0.05) is 30.7 Å². The van der Waals surface area contributed by atoms with Crippen LogP contribution in [0.1, 0.15) is 54.2 Å². The summed E-state index contributed by atoms with van der Waals surface area (Å²) < 4.78 is 1.79. The second-order valence-corrected chi connectivity index (χ2v) is 9.13. The molecular weight excluding hydrogens is 348 g/mol. The number of benzene rings is 1. The third-order valence-electron chi connectivity index (χ3n) is 7.10. The molecule has 1 aromatic carbocycles. The molecular formula is C23H24N4O. The van der Waals surface area contributed by atoms with E-state index in [9.17, 15) is 4.79 Å². The Labute approximate surface area is 164 Å². The Kier molecular flexibility index (Phi) is 3.16. The van der Waals surface area contributed by atoms with E-state index < -0.39 is 0 Å². The van der Waals surface area contributed by atoms with E-state index in [1.54, 1.807) is 4.68 Å². The highest BCUT2D eigenvalue weighted by molar-refractivity contribution is 5.96. The fourth-order valence-corrected chi connectivity index (χ4v) is 4.97. The molecule has 5 nitrogen and oxygen atoms in total. The fourth-order valence-electron chi connectivity index (χ4n) is 4.97. The Hall–Kier alpha value is -2.69. The van der Waals surface area contributed by atoms with Crippen molar-refractivity contribution in [2.45, 2.75) is 44.4 Å². The minimum Gasteiger partial charge on any atom is -0.310 e. The summed E-state index contributed by atoms with van der Waals surface area (Å²) in [6, 6.07) is 6.60. The lowest BCUT2D eigenvalue weighted by Gasteiger charge is -2.10. The topological polar surface area (TPSA) is 59.8 Å². The average Bonchev–Trinajstić information content (AvgIpc) is 3.60. The number of rotatable bonds is 4. The number of nitrogens with one attached hydrogen (secondary N) is 1. The van der Waals surface area contributed by atoms with Gasteiger partial charge in [-0.1, -0.05) is 6.07 Å². The van der Waals surface area contributed by atoms with E-state index in [4.69, 9.17) is 0 Å². The summed E-state index contributed by atoms with van der Waals surface area (Å²) in [5, 5.41) is 9.56. The van der Waals surface area contributed by atoms with E-state index in [1.165, 1.54) is 35.8 Å². The molecule has 28 heavy (non-hydrogen) atoms. The third kappa shape index (κ3) is 2.56. The molecule has 3 atom stereocenters. The lowest BCUT2D eigenvalue weighted by molar-refractivity contribution is -0.117. The van der Waals surface area contributed by atoms with Crippen molar-refractivity contribution >= 4 is 22.5 Å². The first-order valence-electron chi connectivity index (χ1n) is 10.2. The highest BCUT2D eigenvalue weighted by atomic mass is 16.2. The largest absolute Gasteiger partial charge is 0.310 e. The first-order chi connectivity index (χ1) is 13.5. The van der Waals surface area contributed by atoms with Crippen molar-refractivity contribution in [3.05, 3.63) is 53.5 Å². The monoisotopic (exact) mass is 372 g/mol. The van der Waals surface area contributed by atoms with E-state index in [0.29, 0.717) is 11.2 Å². The predicted octanol–water partition coefficient (Wildman–Crippen LogP) is 4.29. The molecule has 2 heterocycles. The van der Waals surface area contributed by atoms with Gasteiger partial charge in [-0.25, -0.2) is 4.98 Å². The quantitative estimate of drug-likeness (QED) is 0.743. The van der Waals surface area contributed by atoms with Crippen LogP contribution in [0.5, 0.6) is 0 Å². The molecule has 3 aliphatic carbocycles. The summed E-state index contributed by atoms with van der Waals surface area (Å²) in [7, 11) is 1.91. The second kappa shape index (κ2) is 5.43. The molecule has 3 saturated carbocycles. The number of anilines is 1. The maximum Gasteiger partial charge on any atom is 0.229 e. The first kappa shape index (κ1) is 16.3. The standard InChI is InChI=1S/C23H24N4O/c1-13-5-15-10-24-21(7-14(15)6-17(13)20-9-23(20)3-4-23)26-22(28)19-8-18(19)16-11-25-27(2)12-16/h5-7,10-12,18-20H,3-4,8-9H2,1-2H3,(H,24,26,28)/t18?,19?,20-/m1/s1. The number of fused-ring (bicyclic) bond motifs is 1. The Morgan fingerprint density at radius 1 is 1.21 bits per heavy atom. The number of carbonyl (C=O) groups is 1. The van der Waals surface area contributed by atoms with Crippen molar-refractivity contribution in [2.24, 2.45) is 18.4 Å². The lowest BCUT2D eigenvalue weighted by atomic mass is 9.98.